The summed E-state index contributed by atoms with van der Waals surface area (Å²) >= 11 is 0. The summed E-state index contributed by atoms with van der Waals surface area (Å²) in [6, 6.07) is 15.8. The van der Waals surface area contributed by atoms with Crippen molar-refractivity contribution in [3.8, 4) is 0 Å². The van der Waals surface area contributed by atoms with Gasteiger partial charge in [0.2, 0.25) is 5.91 Å². The summed E-state index contributed by atoms with van der Waals surface area (Å²) in [4.78, 5) is 19.5. The van der Waals surface area contributed by atoms with Crippen LogP contribution in [0.3, 0.4) is 0 Å². The van der Waals surface area contributed by atoms with Gasteiger partial charge < -0.3 is 15.1 Å². The number of aryl methyl sites for hydroxylation is 1. The lowest BCUT2D eigenvalue weighted by Gasteiger charge is -2.31. The van der Waals surface area contributed by atoms with Gasteiger partial charge in [-0.25, -0.2) is 0 Å². The van der Waals surface area contributed by atoms with Gasteiger partial charge >= 0.3 is 0 Å². The molecule has 1 heterocycles. The Labute approximate surface area is 154 Å². The normalized spacial score (nSPS) is 15.8. The van der Waals surface area contributed by atoms with Gasteiger partial charge in [-0.3, -0.25) is 4.79 Å². The molecule has 1 saturated heterocycles. The Morgan fingerprint density at radius 2 is 2.00 bits per heavy atom. The molecule has 5 heteroatoms. The first-order valence-electron chi connectivity index (χ1n) is 8.99. The number of rotatable bonds is 5. The second-order valence-electron chi connectivity index (χ2n) is 6.51. The zero-order valence-corrected chi connectivity index (χ0v) is 15.4. The molecule has 2 aromatic carbocycles. The highest BCUT2D eigenvalue weighted by molar-refractivity contribution is 5.99. The summed E-state index contributed by atoms with van der Waals surface area (Å²) in [7, 11) is 1.58. The van der Waals surface area contributed by atoms with Crippen molar-refractivity contribution in [2.75, 3.05) is 23.9 Å². The maximum absolute atomic E-state index is 12.3. The topological polar surface area (TPSA) is 53.9 Å². The van der Waals surface area contributed by atoms with Crippen molar-refractivity contribution in [1.29, 1.82) is 0 Å². The smallest absolute Gasteiger partial charge is 0.228 e. The predicted molar refractivity (Wildman–Crippen MR) is 106 cm³/mol. The standard InChI is InChI=1S/C21H25N3O2/c1-16-14-18(22-21(25)15-17-8-4-3-5-9-17)11-12-19(16)24-13-7-6-10-20(24)23-26-2/h3-5,8-9,11-12,14H,6-7,10,13,15H2,1-2H3,(H,22,25). The molecule has 26 heavy (non-hydrogen) atoms. The van der Waals surface area contributed by atoms with Crippen molar-refractivity contribution < 1.29 is 9.63 Å². The van der Waals surface area contributed by atoms with E-state index in [1.54, 1.807) is 7.11 Å². The lowest BCUT2D eigenvalue weighted by atomic mass is 10.1. The van der Waals surface area contributed by atoms with Crippen molar-refractivity contribution >= 4 is 23.1 Å². The van der Waals surface area contributed by atoms with Gasteiger partial charge in [0.1, 0.15) is 12.9 Å². The van der Waals surface area contributed by atoms with Crippen LogP contribution in [0.1, 0.15) is 30.4 Å². The van der Waals surface area contributed by atoms with E-state index in [1.165, 1.54) is 0 Å². The van der Waals surface area contributed by atoms with Crippen molar-refractivity contribution in [3.63, 3.8) is 0 Å². The zero-order chi connectivity index (χ0) is 18.4. The van der Waals surface area contributed by atoms with Gasteiger partial charge in [0, 0.05) is 24.3 Å². The lowest BCUT2D eigenvalue weighted by Crippen LogP contribution is -2.36. The van der Waals surface area contributed by atoms with Crippen LogP contribution in [-0.4, -0.2) is 25.4 Å². The number of carbonyl (C=O) groups excluding carboxylic acids is 1. The second-order valence-corrected chi connectivity index (χ2v) is 6.51. The second kappa shape index (κ2) is 8.52. The largest absolute Gasteiger partial charge is 0.398 e. The Balaban J connectivity index is 1.71. The minimum Gasteiger partial charge on any atom is -0.398 e. The average Bonchev–Trinajstić information content (AvgIpc) is 2.64. The van der Waals surface area contributed by atoms with Crippen LogP contribution in [0, 0.1) is 6.92 Å². The van der Waals surface area contributed by atoms with Gasteiger partial charge in [0.05, 0.1) is 6.42 Å². The minimum atomic E-state index is -0.0112. The van der Waals surface area contributed by atoms with Crippen LogP contribution in [0.25, 0.3) is 0 Å². The van der Waals surface area contributed by atoms with E-state index in [1.807, 2.05) is 48.5 Å². The number of piperidine rings is 1. The fourth-order valence-electron chi connectivity index (χ4n) is 3.30. The van der Waals surface area contributed by atoms with E-state index in [-0.39, 0.29) is 5.91 Å². The average molecular weight is 351 g/mol. The molecule has 136 valence electrons. The monoisotopic (exact) mass is 351 g/mol. The SMILES string of the molecule is CON=C1CCCCN1c1ccc(NC(=O)Cc2ccccc2)cc1C. The van der Waals surface area contributed by atoms with Crippen LogP contribution < -0.4 is 10.2 Å². The van der Waals surface area contributed by atoms with E-state index in [4.69, 9.17) is 4.84 Å². The third-order valence-corrected chi connectivity index (χ3v) is 4.52. The van der Waals surface area contributed by atoms with Crippen LogP contribution in [0.2, 0.25) is 0 Å². The lowest BCUT2D eigenvalue weighted by molar-refractivity contribution is -0.115. The molecule has 1 aliphatic heterocycles. The van der Waals surface area contributed by atoms with E-state index < -0.39 is 0 Å². The van der Waals surface area contributed by atoms with Crippen LogP contribution >= 0.6 is 0 Å². The fourth-order valence-corrected chi connectivity index (χ4v) is 3.30. The Bertz CT molecular complexity index is 787. The summed E-state index contributed by atoms with van der Waals surface area (Å²) < 4.78 is 0. The highest BCUT2D eigenvalue weighted by Gasteiger charge is 2.20. The molecule has 0 aromatic heterocycles. The number of hydrogen-bond donors (Lipinski definition) is 1. The summed E-state index contributed by atoms with van der Waals surface area (Å²) in [5.41, 5.74) is 4.04. The van der Waals surface area contributed by atoms with Gasteiger partial charge in [0.25, 0.3) is 0 Å². The van der Waals surface area contributed by atoms with E-state index in [0.29, 0.717) is 6.42 Å². The van der Waals surface area contributed by atoms with Crippen LogP contribution in [0.4, 0.5) is 11.4 Å². The molecule has 1 aliphatic rings. The third-order valence-electron chi connectivity index (χ3n) is 4.52. The molecule has 0 saturated carbocycles. The Hall–Kier alpha value is -2.82. The molecular weight excluding hydrogens is 326 g/mol. The minimum absolute atomic E-state index is 0.0112. The summed E-state index contributed by atoms with van der Waals surface area (Å²) in [6.07, 6.45) is 3.56. The van der Waals surface area contributed by atoms with Gasteiger partial charge in [-0.15, -0.1) is 0 Å². The third kappa shape index (κ3) is 4.42. The number of anilines is 2. The number of nitrogens with one attached hydrogen (secondary N) is 1. The molecule has 0 radical (unpaired) electrons. The van der Waals surface area contributed by atoms with Crippen molar-refractivity contribution in [1.82, 2.24) is 0 Å². The molecule has 0 spiro atoms. The molecule has 0 atom stereocenters. The Morgan fingerprint density at radius 1 is 1.19 bits per heavy atom. The Morgan fingerprint density at radius 3 is 2.73 bits per heavy atom. The molecule has 0 aliphatic carbocycles. The van der Waals surface area contributed by atoms with Gasteiger partial charge in [-0.1, -0.05) is 35.5 Å². The van der Waals surface area contributed by atoms with E-state index in [9.17, 15) is 4.79 Å². The molecule has 3 rings (SSSR count). The first-order valence-corrected chi connectivity index (χ1v) is 8.99. The molecule has 0 bridgehead atoms. The van der Waals surface area contributed by atoms with Gasteiger partial charge in [-0.2, -0.15) is 0 Å². The molecule has 2 aromatic rings. The number of carbonyl (C=O) groups is 1. The number of oxime groups is 1. The Kier molecular flexibility index (Phi) is 5.89. The van der Waals surface area contributed by atoms with Crippen molar-refractivity contribution in [3.05, 3.63) is 59.7 Å². The molecule has 1 N–H and O–H groups in total. The first kappa shape index (κ1) is 18.0. The van der Waals surface area contributed by atoms with E-state index in [2.05, 4.69) is 22.3 Å². The fraction of sp³-hybridized carbons (Fsp3) is 0.333. The number of benzene rings is 2. The highest BCUT2D eigenvalue weighted by Crippen LogP contribution is 2.27. The number of amidine groups is 1. The summed E-state index contributed by atoms with van der Waals surface area (Å²) in [6.45, 7) is 2.99. The molecule has 1 fully saturated rings. The predicted octanol–water partition coefficient (Wildman–Crippen LogP) is 4.13. The number of amides is 1. The van der Waals surface area contributed by atoms with E-state index in [0.717, 1.165) is 54.1 Å². The summed E-state index contributed by atoms with van der Waals surface area (Å²) in [5, 5.41) is 7.16. The van der Waals surface area contributed by atoms with Crippen LogP contribution in [0.15, 0.2) is 53.7 Å². The molecular formula is C21H25N3O2. The van der Waals surface area contributed by atoms with Crippen LogP contribution in [0.5, 0.6) is 0 Å². The quantitative estimate of drug-likeness (QED) is 0.824. The molecule has 5 nitrogen and oxygen atoms in total. The van der Waals surface area contributed by atoms with Gasteiger partial charge in [-0.05, 0) is 49.1 Å². The maximum atomic E-state index is 12.3. The number of hydrogen-bond acceptors (Lipinski definition) is 3. The van der Waals surface area contributed by atoms with E-state index >= 15 is 0 Å². The summed E-state index contributed by atoms with van der Waals surface area (Å²) in [5.74, 6) is 0.950. The molecule has 1 amide bonds. The maximum Gasteiger partial charge on any atom is 0.228 e. The highest BCUT2D eigenvalue weighted by atomic mass is 16.6. The van der Waals surface area contributed by atoms with Crippen LogP contribution in [-0.2, 0) is 16.1 Å². The van der Waals surface area contributed by atoms with Gasteiger partial charge in [0.15, 0.2) is 0 Å². The van der Waals surface area contributed by atoms with Crippen molar-refractivity contribution in [2.45, 2.75) is 32.6 Å². The molecule has 0 unspecified atom stereocenters. The zero-order valence-electron chi connectivity index (χ0n) is 15.4. The van der Waals surface area contributed by atoms with Crippen molar-refractivity contribution in [2.24, 2.45) is 5.16 Å². The number of nitrogens with zero attached hydrogens (tertiary/aromatic N) is 2. The first-order chi connectivity index (χ1) is 12.7.